The fraction of sp³-hybridized carbons (Fsp3) is 0. The second kappa shape index (κ2) is 8.45. The molecule has 0 saturated carbocycles. The summed E-state index contributed by atoms with van der Waals surface area (Å²) < 4.78 is 26.5. The molecule has 0 aliphatic carbocycles. The summed E-state index contributed by atoms with van der Waals surface area (Å²) in [5, 5.41) is 30.8. The number of nitro benzene ring substituents is 1. The predicted octanol–water partition coefficient (Wildman–Crippen LogP) is 1.44. The monoisotopic (exact) mass is 410 g/mol. The first kappa shape index (κ1) is 21.8. The molecule has 2 aromatic carbocycles. The van der Waals surface area contributed by atoms with Crippen molar-refractivity contribution in [3.63, 3.8) is 0 Å². The van der Waals surface area contributed by atoms with E-state index >= 15 is 0 Å². The van der Waals surface area contributed by atoms with Crippen molar-refractivity contribution in [2.75, 3.05) is 4.72 Å². The summed E-state index contributed by atoms with van der Waals surface area (Å²) in [6.45, 7) is 0. The summed E-state index contributed by atoms with van der Waals surface area (Å²) in [6, 6.07) is 5.70. The van der Waals surface area contributed by atoms with E-state index in [-0.39, 0.29) is 62.1 Å². The number of carboxylic acid groups (broad SMARTS) is 1. The van der Waals surface area contributed by atoms with E-state index in [1.807, 2.05) is 4.72 Å². The Labute approximate surface area is 189 Å². The van der Waals surface area contributed by atoms with Crippen LogP contribution in [0.3, 0.4) is 0 Å². The van der Waals surface area contributed by atoms with Crippen LogP contribution in [0.2, 0.25) is 5.02 Å². The molecule has 2 N–H and O–H groups in total. The smallest absolute Gasteiger partial charge is 0.335 e. The van der Waals surface area contributed by atoms with Gasteiger partial charge in [-0.25, -0.2) is 13.2 Å². The van der Waals surface area contributed by atoms with Crippen LogP contribution in [0.15, 0.2) is 41.3 Å². The average Bonchev–Trinajstić information content (AvgIpc) is 2.48. The third-order valence-electron chi connectivity index (χ3n) is 2.89. The molecule has 0 amide bonds. The molecule has 0 unspecified atom stereocenters. The molecular weight excluding hydrogens is 403 g/mol. The number of halogens is 1. The van der Waals surface area contributed by atoms with Gasteiger partial charge in [0, 0.05) is 63.1 Å². The molecule has 25 heavy (non-hydrogen) atoms. The average molecular weight is 411 g/mol. The Balaban J connectivity index is 0.00000312. The normalized spacial score (nSPS) is 10.6. The van der Waals surface area contributed by atoms with E-state index in [4.69, 9.17) is 16.7 Å². The number of nitrogens with zero attached hydrogens (tertiary/aromatic N) is 1. The molecule has 0 spiro atoms. The van der Waals surface area contributed by atoms with Crippen LogP contribution in [-0.4, -0.2) is 75.8 Å². The Hall–Kier alpha value is -1.21. The minimum Gasteiger partial charge on any atom is -0.872 e. The molecule has 0 aliphatic rings. The summed E-state index contributed by atoms with van der Waals surface area (Å²) in [4.78, 5) is 20.4. The first-order chi connectivity index (χ1) is 11.1. The van der Waals surface area contributed by atoms with E-state index in [0.717, 1.165) is 36.4 Å². The molecule has 1 radical (unpaired) electrons. The van der Waals surface area contributed by atoms with Crippen molar-refractivity contribution in [2.24, 2.45) is 0 Å². The van der Waals surface area contributed by atoms with Crippen molar-refractivity contribution in [3.8, 4) is 5.75 Å². The second-order valence-corrected chi connectivity index (χ2v) is 6.58. The summed E-state index contributed by atoms with van der Waals surface area (Å²) in [6.07, 6.45) is 0. The summed E-state index contributed by atoms with van der Waals surface area (Å²) in [5.41, 5.74) is -1.39. The summed E-state index contributed by atoms with van der Waals surface area (Å²) in [7, 11) is -4.25. The molecule has 2 aromatic rings. The molecule has 0 bridgehead atoms. The number of hydrogen-bond acceptors (Lipinski definition) is 6. The van der Waals surface area contributed by atoms with E-state index in [0.29, 0.717) is 0 Å². The number of anilines is 1. The summed E-state index contributed by atoms with van der Waals surface area (Å²) >= 11 is 5.62. The maximum Gasteiger partial charge on any atom is 0.335 e. The number of sulfonamides is 1. The minimum atomic E-state index is -4.25. The van der Waals surface area contributed by atoms with Gasteiger partial charge in [-0.15, -0.1) is 0 Å². The molecule has 0 fully saturated rings. The van der Waals surface area contributed by atoms with Crippen LogP contribution in [-0.2, 0) is 10.0 Å². The van der Waals surface area contributed by atoms with Crippen molar-refractivity contribution < 1.29 is 28.3 Å². The van der Waals surface area contributed by atoms with Gasteiger partial charge in [-0.1, -0.05) is 23.4 Å². The number of nitro groups is 1. The molecular formula is C13H8ClKN2O7S-. The van der Waals surface area contributed by atoms with Crippen molar-refractivity contribution in [1.29, 1.82) is 0 Å². The number of benzene rings is 2. The van der Waals surface area contributed by atoms with E-state index in [9.17, 15) is 28.4 Å². The van der Waals surface area contributed by atoms with Crippen molar-refractivity contribution >= 4 is 90.4 Å². The van der Waals surface area contributed by atoms with Crippen LogP contribution >= 0.6 is 11.6 Å². The standard InChI is InChI=1S/C13H9ClN2O7S.K/c14-10-3-2-8(6-11(10)16(20)21)24(22,23)15-7-1-4-12(17)9(5-7)13(18)19;/h1-6,15,17H,(H,18,19);/p-1. The number of nitrogens with one attached hydrogen (secondary N) is 1. The van der Waals surface area contributed by atoms with Crippen molar-refractivity contribution in [2.45, 2.75) is 4.90 Å². The van der Waals surface area contributed by atoms with Gasteiger partial charge in [0.25, 0.3) is 15.7 Å². The van der Waals surface area contributed by atoms with Gasteiger partial charge in [0.05, 0.1) is 15.4 Å². The van der Waals surface area contributed by atoms with Crippen LogP contribution in [0.25, 0.3) is 0 Å². The first-order valence-electron chi connectivity index (χ1n) is 6.13. The van der Waals surface area contributed by atoms with Gasteiger partial charge in [0.2, 0.25) is 0 Å². The molecule has 9 nitrogen and oxygen atoms in total. The zero-order valence-corrected chi connectivity index (χ0v) is 17.3. The van der Waals surface area contributed by atoms with Crippen LogP contribution in [0.5, 0.6) is 5.75 Å². The Morgan fingerprint density at radius 2 is 1.84 bits per heavy atom. The quantitative estimate of drug-likeness (QED) is 0.430. The topological polar surface area (TPSA) is 150 Å². The SMILES string of the molecule is O=C(O)c1cc(NS(=O)(=O)c2ccc(Cl)c([N+](=O)[O-])c2)ccc1[O-].[K]. The maximum atomic E-state index is 12.3. The molecule has 2 rings (SSSR count). The van der Waals surface area contributed by atoms with Crippen LogP contribution in [0, 0.1) is 10.1 Å². The first-order valence-corrected chi connectivity index (χ1v) is 7.99. The van der Waals surface area contributed by atoms with Gasteiger partial charge in [0.15, 0.2) is 0 Å². The number of carbonyl (C=O) groups is 1. The molecule has 0 saturated heterocycles. The zero-order chi connectivity index (χ0) is 18.1. The molecule has 0 heterocycles. The molecule has 0 aromatic heterocycles. The number of rotatable bonds is 5. The van der Waals surface area contributed by atoms with Gasteiger partial charge in [0.1, 0.15) is 5.02 Å². The van der Waals surface area contributed by atoms with E-state index < -0.39 is 42.8 Å². The number of carboxylic acids is 1. The molecule has 127 valence electrons. The zero-order valence-electron chi connectivity index (χ0n) is 12.6. The van der Waals surface area contributed by atoms with Crippen LogP contribution in [0.4, 0.5) is 11.4 Å². The second-order valence-electron chi connectivity index (χ2n) is 4.49. The Kier molecular flexibility index (Phi) is 7.37. The van der Waals surface area contributed by atoms with Crippen molar-refractivity contribution in [3.05, 3.63) is 57.1 Å². The van der Waals surface area contributed by atoms with Crippen molar-refractivity contribution in [1.82, 2.24) is 0 Å². The fourth-order valence-corrected chi connectivity index (χ4v) is 3.03. The third kappa shape index (κ3) is 5.14. The van der Waals surface area contributed by atoms with Gasteiger partial charge in [-0.3, -0.25) is 14.8 Å². The predicted molar refractivity (Wildman–Crippen MR) is 87.5 cm³/mol. The van der Waals surface area contributed by atoms with E-state index in [2.05, 4.69) is 0 Å². The molecule has 0 aliphatic heterocycles. The van der Waals surface area contributed by atoms with Gasteiger partial charge in [-0.05, 0) is 24.3 Å². The van der Waals surface area contributed by atoms with E-state index in [1.54, 1.807) is 0 Å². The van der Waals surface area contributed by atoms with Crippen LogP contribution < -0.4 is 9.83 Å². The molecule has 0 atom stereocenters. The summed E-state index contributed by atoms with van der Waals surface area (Å²) in [5.74, 6) is -2.30. The number of aromatic carboxylic acids is 1. The van der Waals surface area contributed by atoms with Crippen LogP contribution in [0.1, 0.15) is 10.4 Å². The van der Waals surface area contributed by atoms with Gasteiger partial charge >= 0.3 is 5.97 Å². The fourth-order valence-electron chi connectivity index (χ4n) is 1.77. The molecule has 12 heteroatoms. The Morgan fingerprint density at radius 3 is 2.40 bits per heavy atom. The van der Waals surface area contributed by atoms with Gasteiger partial charge < -0.3 is 10.2 Å². The van der Waals surface area contributed by atoms with Gasteiger partial charge in [-0.2, -0.15) is 0 Å². The number of hydrogen-bond donors (Lipinski definition) is 2. The maximum absolute atomic E-state index is 12.3. The Bertz CT molecular complexity index is 949. The largest absolute Gasteiger partial charge is 0.872 e. The Morgan fingerprint density at radius 1 is 1.20 bits per heavy atom. The third-order valence-corrected chi connectivity index (χ3v) is 4.59. The minimum absolute atomic E-state index is 0. The van der Waals surface area contributed by atoms with E-state index in [1.165, 1.54) is 0 Å².